The van der Waals surface area contributed by atoms with Gasteiger partial charge in [0, 0.05) is 17.4 Å². The van der Waals surface area contributed by atoms with Crippen molar-refractivity contribution in [2.75, 3.05) is 0 Å². The normalized spacial score (nSPS) is 17.1. The van der Waals surface area contributed by atoms with E-state index in [1.54, 1.807) is 0 Å². The third-order valence-corrected chi connectivity index (χ3v) is 1.94. The minimum Gasteiger partial charge on any atom is -0.405 e. The number of hydrogen-bond acceptors (Lipinski definition) is 2. The van der Waals surface area contributed by atoms with Gasteiger partial charge in [-0.1, -0.05) is 24.3 Å². The molecule has 0 fully saturated rings. The zero-order valence-electron chi connectivity index (χ0n) is 7.14. The highest BCUT2D eigenvalue weighted by molar-refractivity contribution is 6.16. The summed E-state index contributed by atoms with van der Waals surface area (Å²) in [6.07, 6.45) is 7.13. The van der Waals surface area contributed by atoms with Crippen LogP contribution < -0.4 is 5.73 Å². The number of allylic oxidation sites excluding steroid dienone is 3. The number of nitrogens with two attached hydrogens (primary N) is 1. The summed E-state index contributed by atoms with van der Waals surface area (Å²) in [6.45, 7) is 0. The van der Waals surface area contributed by atoms with Gasteiger partial charge in [0.2, 0.25) is 0 Å². The summed E-state index contributed by atoms with van der Waals surface area (Å²) in [7, 11) is 0. The van der Waals surface area contributed by atoms with Crippen molar-refractivity contribution >= 4 is 17.5 Å². The fourth-order valence-electron chi connectivity index (χ4n) is 1.33. The Labute approximate surface area is 77.1 Å². The van der Waals surface area contributed by atoms with E-state index in [4.69, 9.17) is 5.73 Å². The molecule has 0 radical (unpaired) electrons. The van der Waals surface area contributed by atoms with Crippen LogP contribution >= 0.6 is 0 Å². The van der Waals surface area contributed by atoms with Crippen LogP contribution in [-0.2, 0) is 0 Å². The second-order valence-electron chi connectivity index (χ2n) is 2.78. The van der Waals surface area contributed by atoms with Gasteiger partial charge in [-0.25, -0.2) is 0 Å². The van der Waals surface area contributed by atoms with Gasteiger partial charge in [0.05, 0.1) is 5.69 Å². The molecule has 1 aliphatic heterocycles. The first kappa shape index (κ1) is 7.80. The Balaban J connectivity index is 2.44. The van der Waals surface area contributed by atoms with Crippen molar-refractivity contribution in [2.45, 2.75) is 0 Å². The highest BCUT2D eigenvalue weighted by Crippen LogP contribution is 2.30. The molecule has 1 aromatic carbocycles. The minimum atomic E-state index is 1.03. The molecule has 2 rings (SSSR count). The van der Waals surface area contributed by atoms with Crippen molar-refractivity contribution in [1.29, 1.82) is 0 Å². The fourth-order valence-corrected chi connectivity index (χ4v) is 1.33. The van der Waals surface area contributed by atoms with Gasteiger partial charge in [0.1, 0.15) is 0 Å². The standard InChI is InChI=1S/C11H10N2/c12-7-3-4-9-8-13-11-6-2-1-5-10(9)11/h1-8H,12H2. The number of rotatable bonds is 1. The second kappa shape index (κ2) is 3.27. The SMILES string of the molecule is NC=CC=C1C=Nc2ccccc21. The Bertz CT molecular complexity index is 400. The molecule has 2 nitrogen and oxygen atoms in total. The van der Waals surface area contributed by atoms with Crippen LogP contribution in [0.1, 0.15) is 5.56 Å². The van der Waals surface area contributed by atoms with Gasteiger partial charge in [-0.15, -0.1) is 0 Å². The predicted octanol–water partition coefficient (Wildman–Crippen LogP) is 2.26. The van der Waals surface area contributed by atoms with E-state index >= 15 is 0 Å². The largest absolute Gasteiger partial charge is 0.405 e. The Morgan fingerprint density at radius 1 is 1.23 bits per heavy atom. The lowest BCUT2D eigenvalue weighted by molar-refractivity contribution is 1.55. The van der Waals surface area contributed by atoms with Crippen LogP contribution in [0.3, 0.4) is 0 Å². The van der Waals surface area contributed by atoms with Crippen LogP contribution in [0.15, 0.2) is 47.6 Å². The topological polar surface area (TPSA) is 38.4 Å². The maximum absolute atomic E-state index is 5.26. The van der Waals surface area contributed by atoms with Gasteiger partial charge in [-0.3, -0.25) is 4.99 Å². The van der Waals surface area contributed by atoms with Crippen LogP contribution in [0.25, 0.3) is 5.57 Å². The molecule has 2 heteroatoms. The van der Waals surface area contributed by atoms with Gasteiger partial charge in [-0.2, -0.15) is 0 Å². The van der Waals surface area contributed by atoms with E-state index in [1.807, 2.05) is 36.6 Å². The molecule has 2 N–H and O–H groups in total. The molecule has 1 aliphatic rings. The van der Waals surface area contributed by atoms with E-state index in [0.29, 0.717) is 0 Å². The number of para-hydroxylation sites is 1. The van der Waals surface area contributed by atoms with Gasteiger partial charge in [0.15, 0.2) is 0 Å². The Kier molecular flexibility index (Phi) is 1.96. The maximum Gasteiger partial charge on any atom is 0.0708 e. The molecule has 0 spiro atoms. The maximum atomic E-state index is 5.26. The van der Waals surface area contributed by atoms with E-state index in [2.05, 4.69) is 11.1 Å². The second-order valence-corrected chi connectivity index (χ2v) is 2.78. The van der Waals surface area contributed by atoms with Crippen molar-refractivity contribution in [3.8, 4) is 0 Å². The van der Waals surface area contributed by atoms with Gasteiger partial charge in [-0.05, 0) is 18.3 Å². The van der Waals surface area contributed by atoms with Crippen LogP contribution in [0.2, 0.25) is 0 Å². The monoisotopic (exact) mass is 170 g/mol. The first-order chi connectivity index (χ1) is 6.42. The fraction of sp³-hybridized carbons (Fsp3) is 0. The van der Waals surface area contributed by atoms with E-state index in [-0.39, 0.29) is 0 Å². The Morgan fingerprint density at radius 2 is 2.08 bits per heavy atom. The average Bonchev–Trinajstić information content (AvgIpc) is 2.58. The molecule has 13 heavy (non-hydrogen) atoms. The molecule has 1 aromatic rings. The molecule has 0 saturated carbocycles. The average molecular weight is 170 g/mol. The molecule has 64 valence electrons. The number of hydrogen-bond donors (Lipinski definition) is 1. The van der Waals surface area contributed by atoms with Crippen LogP contribution in [-0.4, -0.2) is 6.21 Å². The molecular weight excluding hydrogens is 160 g/mol. The summed E-state index contributed by atoms with van der Waals surface area (Å²) in [6, 6.07) is 8.04. The number of fused-ring (bicyclic) bond motifs is 1. The summed E-state index contributed by atoms with van der Waals surface area (Å²) >= 11 is 0. The van der Waals surface area contributed by atoms with Gasteiger partial charge >= 0.3 is 0 Å². The third-order valence-electron chi connectivity index (χ3n) is 1.94. The number of aliphatic imine (C=N–C) groups is 1. The smallest absolute Gasteiger partial charge is 0.0708 e. The van der Waals surface area contributed by atoms with E-state index in [0.717, 1.165) is 11.3 Å². The number of nitrogens with zero attached hydrogens (tertiary/aromatic N) is 1. The molecule has 0 aromatic heterocycles. The summed E-state index contributed by atoms with van der Waals surface area (Å²) < 4.78 is 0. The van der Waals surface area contributed by atoms with Gasteiger partial charge in [0.25, 0.3) is 0 Å². The van der Waals surface area contributed by atoms with E-state index in [1.165, 1.54) is 11.8 Å². The van der Waals surface area contributed by atoms with Crippen molar-refractivity contribution in [2.24, 2.45) is 10.7 Å². The summed E-state index contributed by atoms with van der Waals surface area (Å²) in [5, 5.41) is 0. The van der Waals surface area contributed by atoms with Crippen LogP contribution in [0, 0.1) is 0 Å². The van der Waals surface area contributed by atoms with Crippen molar-refractivity contribution in [3.63, 3.8) is 0 Å². The molecule has 0 amide bonds. The van der Waals surface area contributed by atoms with Crippen molar-refractivity contribution < 1.29 is 0 Å². The Morgan fingerprint density at radius 3 is 2.92 bits per heavy atom. The Hall–Kier alpha value is -1.83. The van der Waals surface area contributed by atoms with Crippen LogP contribution in [0.5, 0.6) is 0 Å². The summed E-state index contributed by atoms with van der Waals surface area (Å²) in [5.74, 6) is 0. The lowest BCUT2D eigenvalue weighted by atomic mass is 10.1. The molecule has 0 bridgehead atoms. The molecule has 1 heterocycles. The zero-order valence-corrected chi connectivity index (χ0v) is 7.14. The molecule has 0 saturated heterocycles. The van der Waals surface area contributed by atoms with Crippen molar-refractivity contribution in [1.82, 2.24) is 0 Å². The zero-order chi connectivity index (χ0) is 9.10. The summed E-state index contributed by atoms with van der Waals surface area (Å²) in [4.78, 5) is 4.27. The van der Waals surface area contributed by atoms with Gasteiger partial charge < -0.3 is 5.73 Å². The summed E-state index contributed by atoms with van der Waals surface area (Å²) in [5.41, 5.74) is 8.56. The number of benzene rings is 1. The highest BCUT2D eigenvalue weighted by atomic mass is 14.7. The first-order valence-electron chi connectivity index (χ1n) is 4.14. The van der Waals surface area contributed by atoms with E-state index in [9.17, 15) is 0 Å². The molecule has 0 atom stereocenters. The van der Waals surface area contributed by atoms with E-state index < -0.39 is 0 Å². The minimum absolute atomic E-state index is 1.03. The molecule has 0 unspecified atom stereocenters. The first-order valence-corrected chi connectivity index (χ1v) is 4.14. The lowest BCUT2D eigenvalue weighted by Gasteiger charge is -1.95. The molecular formula is C11H10N2. The lowest BCUT2D eigenvalue weighted by Crippen LogP contribution is -1.79. The molecule has 0 aliphatic carbocycles. The van der Waals surface area contributed by atoms with Crippen molar-refractivity contribution in [3.05, 3.63) is 48.2 Å². The highest BCUT2D eigenvalue weighted by Gasteiger charge is 2.08. The van der Waals surface area contributed by atoms with Crippen LogP contribution in [0.4, 0.5) is 5.69 Å². The predicted molar refractivity (Wildman–Crippen MR) is 55.9 cm³/mol. The quantitative estimate of drug-likeness (QED) is 0.689. The third kappa shape index (κ3) is 1.38.